The Morgan fingerprint density at radius 2 is 1.96 bits per heavy atom. The van der Waals surface area contributed by atoms with E-state index < -0.39 is 0 Å². The molecule has 1 aromatic heterocycles. The maximum Gasteiger partial charge on any atom is 0.162 e. The minimum absolute atomic E-state index is 0.313. The van der Waals surface area contributed by atoms with E-state index in [1.54, 1.807) is 7.11 Å². The number of rotatable bonds is 9. The normalized spacial score (nSPS) is 14.5. The highest BCUT2D eigenvalue weighted by molar-refractivity contribution is 7.99. The summed E-state index contributed by atoms with van der Waals surface area (Å²) in [6.45, 7) is 2.23. The summed E-state index contributed by atoms with van der Waals surface area (Å²) in [5.41, 5.74) is 3.46. The lowest BCUT2D eigenvalue weighted by atomic mass is 10.0. The highest BCUT2D eigenvalue weighted by atomic mass is 32.2. The standard InChI is InChI=1S/C22H29NO2S/c1-3-14-26-15-12-17-7-6-13-23-22(17)18-10-11-20(24-2)21(16-18)25-19-8-4-5-9-19/h6-7,10-11,13,16,19H,3-5,8-9,12,14-15H2,1-2H3. The summed E-state index contributed by atoms with van der Waals surface area (Å²) in [5.74, 6) is 4.00. The second kappa shape index (κ2) is 9.86. The predicted octanol–water partition coefficient (Wildman–Crippen LogP) is 5.76. The van der Waals surface area contributed by atoms with E-state index in [2.05, 4.69) is 30.1 Å². The molecule has 3 nitrogen and oxygen atoms in total. The van der Waals surface area contributed by atoms with E-state index in [4.69, 9.17) is 9.47 Å². The Balaban J connectivity index is 1.82. The van der Waals surface area contributed by atoms with Crippen LogP contribution in [0.1, 0.15) is 44.6 Å². The molecule has 1 heterocycles. The molecule has 2 aromatic rings. The molecule has 0 radical (unpaired) electrons. The van der Waals surface area contributed by atoms with E-state index in [0.717, 1.165) is 47.8 Å². The number of methoxy groups -OCH3 is 1. The van der Waals surface area contributed by atoms with Crippen LogP contribution in [0, 0.1) is 0 Å². The van der Waals surface area contributed by atoms with Gasteiger partial charge in [-0.1, -0.05) is 13.0 Å². The highest BCUT2D eigenvalue weighted by Gasteiger charge is 2.19. The number of ether oxygens (including phenoxy) is 2. The second-order valence-electron chi connectivity index (χ2n) is 6.76. The summed E-state index contributed by atoms with van der Waals surface area (Å²) in [5, 5.41) is 0. The molecule has 0 spiro atoms. The summed E-state index contributed by atoms with van der Waals surface area (Å²) in [6.07, 6.45) is 9.24. The van der Waals surface area contributed by atoms with Gasteiger partial charge in [-0.05, 0) is 79.9 Å². The molecule has 0 atom stereocenters. The molecule has 0 N–H and O–H groups in total. The third kappa shape index (κ3) is 4.94. The molecule has 1 aliphatic carbocycles. The van der Waals surface area contributed by atoms with Crippen LogP contribution >= 0.6 is 11.8 Å². The SMILES string of the molecule is CCCSCCc1cccnc1-c1ccc(OC)c(OC2CCCC2)c1. The summed E-state index contributed by atoms with van der Waals surface area (Å²) in [6, 6.07) is 10.4. The van der Waals surface area contributed by atoms with Crippen LogP contribution in [0.4, 0.5) is 0 Å². The Labute approximate surface area is 161 Å². The summed E-state index contributed by atoms with van der Waals surface area (Å²) in [7, 11) is 1.70. The van der Waals surface area contributed by atoms with Crippen molar-refractivity contribution < 1.29 is 9.47 Å². The molecule has 1 fully saturated rings. The molecule has 140 valence electrons. The molecule has 0 aliphatic heterocycles. The van der Waals surface area contributed by atoms with Crippen molar-refractivity contribution in [3.05, 3.63) is 42.1 Å². The fourth-order valence-electron chi connectivity index (χ4n) is 3.43. The van der Waals surface area contributed by atoms with E-state index in [1.165, 1.54) is 30.6 Å². The van der Waals surface area contributed by atoms with Crippen molar-refractivity contribution in [2.45, 2.75) is 51.6 Å². The van der Waals surface area contributed by atoms with Crippen molar-refractivity contribution >= 4 is 11.8 Å². The maximum absolute atomic E-state index is 6.26. The third-order valence-electron chi connectivity index (χ3n) is 4.79. The average Bonchev–Trinajstić information content (AvgIpc) is 3.19. The van der Waals surface area contributed by atoms with Gasteiger partial charge in [0.05, 0.1) is 18.9 Å². The Morgan fingerprint density at radius 1 is 1.12 bits per heavy atom. The van der Waals surface area contributed by atoms with Crippen LogP contribution < -0.4 is 9.47 Å². The topological polar surface area (TPSA) is 31.4 Å². The number of pyridine rings is 1. The molecule has 26 heavy (non-hydrogen) atoms. The molecular weight excluding hydrogens is 342 g/mol. The molecule has 0 amide bonds. The summed E-state index contributed by atoms with van der Waals surface area (Å²) >= 11 is 2.01. The van der Waals surface area contributed by atoms with E-state index >= 15 is 0 Å². The largest absolute Gasteiger partial charge is 0.493 e. The van der Waals surface area contributed by atoms with E-state index in [-0.39, 0.29) is 0 Å². The quantitative estimate of drug-likeness (QED) is 0.524. The smallest absolute Gasteiger partial charge is 0.162 e. The first kappa shape index (κ1) is 19.1. The van der Waals surface area contributed by atoms with Crippen molar-refractivity contribution in [1.29, 1.82) is 0 Å². The molecular formula is C22H29NO2S. The minimum atomic E-state index is 0.313. The minimum Gasteiger partial charge on any atom is -0.493 e. The zero-order chi connectivity index (χ0) is 18.2. The molecule has 3 rings (SSSR count). The van der Waals surface area contributed by atoms with Crippen LogP contribution in [-0.4, -0.2) is 29.7 Å². The van der Waals surface area contributed by atoms with Crippen LogP contribution in [0.15, 0.2) is 36.5 Å². The molecule has 0 saturated heterocycles. The van der Waals surface area contributed by atoms with Gasteiger partial charge in [-0.3, -0.25) is 4.98 Å². The van der Waals surface area contributed by atoms with E-state index in [9.17, 15) is 0 Å². The van der Waals surface area contributed by atoms with Gasteiger partial charge in [0.25, 0.3) is 0 Å². The number of benzene rings is 1. The summed E-state index contributed by atoms with van der Waals surface area (Å²) in [4.78, 5) is 4.67. The predicted molar refractivity (Wildman–Crippen MR) is 110 cm³/mol. The molecule has 1 aromatic carbocycles. The second-order valence-corrected chi connectivity index (χ2v) is 7.99. The molecule has 4 heteroatoms. The Bertz CT molecular complexity index is 698. The number of nitrogens with zero attached hydrogens (tertiary/aromatic N) is 1. The summed E-state index contributed by atoms with van der Waals surface area (Å²) < 4.78 is 11.8. The van der Waals surface area contributed by atoms with Gasteiger partial charge in [-0.2, -0.15) is 11.8 Å². The first-order valence-electron chi connectivity index (χ1n) is 9.68. The van der Waals surface area contributed by atoms with Crippen molar-refractivity contribution in [2.75, 3.05) is 18.6 Å². The number of hydrogen-bond acceptors (Lipinski definition) is 4. The van der Waals surface area contributed by atoms with Gasteiger partial charge in [0.2, 0.25) is 0 Å². The van der Waals surface area contributed by atoms with Crippen LogP contribution in [0.25, 0.3) is 11.3 Å². The molecule has 1 saturated carbocycles. The zero-order valence-electron chi connectivity index (χ0n) is 15.9. The number of aromatic nitrogens is 1. The van der Waals surface area contributed by atoms with E-state index in [1.807, 2.05) is 30.1 Å². The lowest BCUT2D eigenvalue weighted by molar-refractivity contribution is 0.201. The molecule has 0 bridgehead atoms. The fourth-order valence-corrected chi connectivity index (χ4v) is 4.29. The first-order chi connectivity index (χ1) is 12.8. The highest BCUT2D eigenvalue weighted by Crippen LogP contribution is 2.35. The van der Waals surface area contributed by atoms with Gasteiger partial charge in [-0.25, -0.2) is 0 Å². The van der Waals surface area contributed by atoms with Crippen LogP contribution in [-0.2, 0) is 6.42 Å². The first-order valence-corrected chi connectivity index (χ1v) is 10.8. The monoisotopic (exact) mass is 371 g/mol. The van der Waals surface area contributed by atoms with E-state index in [0.29, 0.717) is 6.10 Å². The van der Waals surface area contributed by atoms with Crippen molar-refractivity contribution in [3.63, 3.8) is 0 Å². The van der Waals surface area contributed by atoms with Crippen molar-refractivity contribution in [2.24, 2.45) is 0 Å². The van der Waals surface area contributed by atoms with Crippen LogP contribution in [0.3, 0.4) is 0 Å². The molecule has 0 unspecified atom stereocenters. The Hall–Kier alpha value is -1.68. The number of hydrogen-bond donors (Lipinski definition) is 0. The van der Waals surface area contributed by atoms with Gasteiger partial charge < -0.3 is 9.47 Å². The van der Waals surface area contributed by atoms with Gasteiger partial charge in [0.1, 0.15) is 0 Å². The number of aryl methyl sites for hydroxylation is 1. The Kier molecular flexibility index (Phi) is 7.24. The van der Waals surface area contributed by atoms with Crippen LogP contribution in [0.2, 0.25) is 0 Å². The lowest BCUT2D eigenvalue weighted by Crippen LogP contribution is -2.11. The zero-order valence-corrected chi connectivity index (χ0v) is 16.7. The van der Waals surface area contributed by atoms with Gasteiger partial charge in [0, 0.05) is 11.8 Å². The molecule has 1 aliphatic rings. The van der Waals surface area contributed by atoms with Gasteiger partial charge in [-0.15, -0.1) is 0 Å². The van der Waals surface area contributed by atoms with Crippen LogP contribution in [0.5, 0.6) is 11.5 Å². The van der Waals surface area contributed by atoms with Gasteiger partial charge >= 0.3 is 0 Å². The maximum atomic E-state index is 6.26. The fraction of sp³-hybridized carbons (Fsp3) is 0.500. The Morgan fingerprint density at radius 3 is 2.73 bits per heavy atom. The average molecular weight is 372 g/mol. The van der Waals surface area contributed by atoms with Crippen molar-refractivity contribution in [1.82, 2.24) is 4.98 Å². The lowest BCUT2D eigenvalue weighted by Gasteiger charge is -2.17. The third-order valence-corrected chi connectivity index (χ3v) is 5.98. The van der Waals surface area contributed by atoms with Crippen molar-refractivity contribution in [3.8, 4) is 22.8 Å². The number of thioether (sulfide) groups is 1. The van der Waals surface area contributed by atoms with Gasteiger partial charge in [0.15, 0.2) is 11.5 Å².